The first kappa shape index (κ1) is 16.0. The Bertz CT molecular complexity index is 568. The first-order chi connectivity index (χ1) is 11.2. The van der Waals surface area contributed by atoms with Gasteiger partial charge in [0.25, 0.3) is 0 Å². The number of hydrogen-bond acceptors (Lipinski definition) is 4. The number of benzene rings is 1. The normalized spacial score (nSPS) is 21.9. The van der Waals surface area contributed by atoms with E-state index >= 15 is 0 Å². The third-order valence-electron chi connectivity index (χ3n) is 4.64. The Hall–Kier alpha value is -1.88. The molecule has 0 unspecified atom stereocenters. The van der Waals surface area contributed by atoms with Crippen molar-refractivity contribution in [2.75, 3.05) is 19.7 Å². The van der Waals surface area contributed by atoms with Gasteiger partial charge in [-0.2, -0.15) is 5.10 Å². The topological polar surface area (TPSA) is 53.9 Å². The Kier molecular flexibility index (Phi) is 5.28. The van der Waals surface area contributed by atoms with Crippen LogP contribution in [0.3, 0.4) is 0 Å². The molecule has 0 aromatic heterocycles. The van der Waals surface area contributed by atoms with Crippen LogP contribution < -0.4 is 10.2 Å². The molecular formula is C18H25N3O2. The molecule has 1 atom stereocenters. The highest BCUT2D eigenvalue weighted by atomic mass is 16.5. The monoisotopic (exact) mass is 315 g/mol. The second-order valence-electron chi connectivity index (χ2n) is 6.35. The molecule has 3 rings (SSSR count). The summed E-state index contributed by atoms with van der Waals surface area (Å²) in [5.74, 6) is 0.879. The number of carbonyl (C=O) groups is 1. The minimum Gasteiger partial charge on any atom is -0.494 e. The van der Waals surface area contributed by atoms with Crippen LogP contribution >= 0.6 is 0 Å². The fourth-order valence-corrected chi connectivity index (χ4v) is 3.21. The Balaban J connectivity index is 1.43. The molecule has 1 aromatic rings. The predicted octanol–water partition coefficient (Wildman–Crippen LogP) is 2.55. The third kappa shape index (κ3) is 4.32. The van der Waals surface area contributed by atoms with Crippen LogP contribution in [-0.4, -0.2) is 42.3 Å². The Morgan fingerprint density at radius 2 is 2.13 bits per heavy atom. The zero-order chi connectivity index (χ0) is 16.1. The average molecular weight is 315 g/mol. The van der Waals surface area contributed by atoms with E-state index < -0.39 is 0 Å². The average Bonchev–Trinajstić information content (AvgIpc) is 2.98. The maximum absolute atomic E-state index is 11.1. The second-order valence-corrected chi connectivity index (χ2v) is 6.35. The molecule has 2 heterocycles. The first-order valence-electron chi connectivity index (χ1n) is 8.55. The van der Waals surface area contributed by atoms with Crippen molar-refractivity contribution in [2.45, 2.75) is 45.1 Å². The molecule has 0 saturated carbocycles. The van der Waals surface area contributed by atoms with Crippen molar-refractivity contribution >= 4 is 11.6 Å². The molecule has 2 aliphatic rings. The van der Waals surface area contributed by atoms with Crippen molar-refractivity contribution in [1.29, 1.82) is 0 Å². The van der Waals surface area contributed by atoms with Crippen LogP contribution in [0.5, 0.6) is 5.75 Å². The van der Waals surface area contributed by atoms with Crippen molar-refractivity contribution in [3.63, 3.8) is 0 Å². The van der Waals surface area contributed by atoms with Gasteiger partial charge in [0.05, 0.1) is 12.3 Å². The molecule has 0 aliphatic carbocycles. The van der Waals surface area contributed by atoms with E-state index in [-0.39, 0.29) is 5.91 Å². The zero-order valence-electron chi connectivity index (χ0n) is 13.8. The van der Waals surface area contributed by atoms with E-state index in [1.807, 2.05) is 24.3 Å². The molecule has 5 nitrogen and oxygen atoms in total. The summed E-state index contributed by atoms with van der Waals surface area (Å²) in [6.07, 6.45) is 4.91. The Labute approximate surface area is 137 Å². The number of carbonyl (C=O) groups excluding carboxylic acids is 1. The van der Waals surface area contributed by atoms with Gasteiger partial charge in [0.1, 0.15) is 5.75 Å². The van der Waals surface area contributed by atoms with Gasteiger partial charge in [-0.05, 0) is 62.6 Å². The summed E-state index contributed by atoms with van der Waals surface area (Å²) in [6, 6.07) is 8.70. The highest BCUT2D eigenvalue weighted by Gasteiger charge is 2.19. The predicted molar refractivity (Wildman–Crippen MR) is 90.7 cm³/mol. The molecule has 1 fully saturated rings. The van der Waals surface area contributed by atoms with E-state index in [1.54, 1.807) is 0 Å². The van der Waals surface area contributed by atoms with E-state index in [9.17, 15) is 4.79 Å². The van der Waals surface area contributed by atoms with E-state index in [0.29, 0.717) is 12.8 Å². The molecule has 0 radical (unpaired) electrons. The van der Waals surface area contributed by atoms with Gasteiger partial charge in [0.15, 0.2) is 0 Å². The quantitative estimate of drug-likeness (QED) is 0.821. The number of amides is 1. The van der Waals surface area contributed by atoms with Gasteiger partial charge >= 0.3 is 0 Å². The van der Waals surface area contributed by atoms with Crippen molar-refractivity contribution < 1.29 is 9.53 Å². The van der Waals surface area contributed by atoms with Crippen molar-refractivity contribution in [2.24, 2.45) is 5.10 Å². The lowest BCUT2D eigenvalue weighted by Crippen LogP contribution is -2.28. The number of hydrazone groups is 1. The molecular weight excluding hydrogens is 290 g/mol. The summed E-state index contributed by atoms with van der Waals surface area (Å²) < 4.78 is 5.82. The van der Waals surface area contributed by atoms with Crippen LogP contribution in [0, 0.1) is 0 Å². The third-order valence-corrected chi connectivity index (χ3v) is 4.64. The SMILES string of the molecule is C[C@H]1CCCN1CCCOc1ccc(C2=NNC(=O)CC2)cc1. The van der Waals surface area contributed by atoms with Gasteiger partial charge in [-0.25, -0.2) is 5.43 Å². The summed E-state index contributed by atoms with van der Waals surface area (Å²) in [7, 11) is 0. The smallest absolute Gasteiger partial charge is 0.240 e. The van der Waals surface area contributed by atoms with Crippen molar-refractivity contribution in [3.8, 4) is 5.75 Å². The number of rotatable bonds is 6. The van der Waals surface area contributed by atoms with Gasteiger partial charge in [0, 0.05) is 25.4 Å². The lowest BCUT2D eigenvalue weighted by molar-refractivity contribution is -0.121. The van der Waals surface area contributed by atoms with Gasteiger partial charge in [-0.1, -0.05) is 0 Å². The standard InChI is InChI=1S/C18H25N3O2/c1-14-4-2-11-21(14)12-3-13-23-16-7-5-15(6-8-16)17-9-10-18(22)20-19-17/h5-8,14H,2-4,9-13H2,1H3,(H,20,22)/t14-/m0/s1. The van der Waals surface area contributed by atoms with Gasteiger partial charge in [-0.15, -0.1) is 0 Å². The summed E-state index contributed by atoms with van der Waals surface area (Å²) in [5.41, 5.74) is 4.50. The second kappa shape index (κ2) is 7.59. The fourth-order valence-electron chi connectivity index (χ4n) is 3.21. The van der Waals surface area contributed by atoms with Crippen molar-refractivity contribution in [3.05, 3.63) is 29.8 Å². The van der Waals surface area contributed by atoms with E-state index in [4.69, 9.17) is 4.74 Å². The van der Waals surface area contributed by atoms with Crippen LogP contribution in [-0.2, 0) is 4.79 Å². The van der Waals surface area contributed by atoms with Crippen LogP contribution in [0.4, 0.5) is 0 Å². The summed E-state index contributed by atoms with van der Waals surface area (Å²) >= 11 is 0. The molecule has 1 N–H and O–H groups in total. The number of nitrogens with zero attached hydrogens (tertiary/aromatic N) is 2. The lowest BCUT2D eigenvalue weighted by Gasteiger charge is -2.20. The van der Waals surface area contributed by atoms with Crippen LogP contribution in [0.15, 0.2) is 29.4 Å². The number of nitrogens with one attached hydrogen (secondary N) is 1. The summed E-state index contributed by atoms with van der Waals surface area (Å²) in [5, 5.41) is 4.11. The molecule has 2 aliphatic heterocycles. The molecule has 23 heavy (non-hydrogen) atoms. The number of ether oxygens (including phenoxy) is 1. The Morgan fingerprint density at radius 3 is 2.78 bits per heavy atom. The van der Waals surface area contributed by atoms with Crippen LogP contribution in [0.2, 0.25) is 0 Å². The first-order valence-corrected chi connectivity index (χ1v) is 8.55. The zero-order valence-corrected chi connectivity index (χ0v) is 13.8. The molecule has 5 heteroatoms. The highest BCUT2D eigenvalue weighted by Crippen LogP contribution is 2.18. The minimum atomic E-state index is -0.0129. The largest absolute Gasteiger partial charge is 0.494 e. The minimum absolute atomic E-state index is 0.0129. The molecule has 1 saturated heterocycles. The van der Waals surface area contributed by atoms with Gasteiger partial charge in [0.2, 0.25) is 5.91 Å². The van der Waals surface area contributed by atoms with Crippen LogP contribution in [0.1, 0.15) is 44.6 Å². The fraction of sp³-hybridized carbons (Fsp3) is 0.556. The van der Waals surface area contributed by atoms with Crippen LogP contribution in [0.25, 0.3) is 0 Å². The molecule has 0 spiro atoms. The Morgan fingerprint density at radius 1 is 1.30 bits per heavy atom. The highest BCUT2D eigenvalue weighted by molar-refractivity contribution is 6.04. The maximum atomic E-state index is 11.1. The molecule has 124 valence electrons. The molecule has 1 amide bonds. The van der Waals surface area contributed by atoms with E-state index in [0.717, 1.165) is 42.6 Å². The lowest BCUT2D eigenvalue weighted by atomic mass is 10.0. The number of likely N-dealkylation sites (tertiary alicyclic amines) is 1. The van der Waals surface area contributed by atoms with Crippen molar-refractivity contribution in [1.82, 2.24) is 10.3 Å². The van der Waals surface area contributed by atoms with Gasteiger partial charge in [-0.3, -0.25) is 4.79 Å². The van der Waals surface area contributed by atoms with Gasteiger partial charge < -0.3 is 9.64 Å². The summed E-state index contributed by atoms with van der Waals surface area (Å²) in [4.78, 5) is 13.7. The van der Waals surface area contributed by atoms with E-state index in [1.165, 1.54) is 19.4 Å². The molecule has 1 aromatic carbocycles. The maximum Gasteiger partial charge on any atom is 0.240 e. The number of hydrogen-bond donors (Lipinski definition) is 1. The summed E-state index contributed by atoms with van der Waals surface area (Å²) in [6.45, 7) is 5.41. The van der Waals surface area contributed by atoms with E-state index in [2.05, 4.69) is 22.4 Å². The molecule has 0 bridgehead atoms.